The predicted molar refractivity (Wildman–Crippen MR) is 130 cm³/mol. The lowest BCUT2D eigenvalue weighted by Crippen LogP contribution is -2.20. The summed E-state index contributed by atoms with van der Waals surface area (Å²) in [6, 6.07) is 3.43. The summed E-state index contributed by atoms with van der Waals surface area (Å²) in [6.07, 6.45) is 5.37. The average Bonchev–Trinajstić information content (AvgIpc) is 3.03. The normalized spacial score (nSPS) is 19.7. The molecule has 2 heterocycles. The standard InChI is InChI=1S/C27H33NO7/c1-26(2)25(27(26,3)4)24(32)18-15-28(14-16-8-10-34-11-9-16)19-13-20(33-5)21(12-17(18)19)35-23(31)7-6-22(29)30/h6-7,12-13,15-16,25H,8-11,14H2,1-5H3,(H,29,30)/b7-6+. The number of aromatic nitrogens is 1. The Morgan fingerprint density at radius 1 is 1.09 bits per heavy atom. The Hall–Kier alpha value is -3.13. The molecule has 4 rings (SSSR count). The number of hydrogen-bond donors (Lipinski definition) is 1. The number of aliphatic carboxylic acids is 1. The summed E-state index contributed by atoms with van der Waals surface area (Å²) in [5.41, 5.74) is 1.18. The van der Waals surface area contributed by atoms with Crippen molar-refractivity contribution in [3.63, 3.8) is 0 Å². The number of nitrogens with zero attached hydrogens (tertiary/aromatic N) is 1. The van der Waals surface area contributed by atoms with Gasteiger partial charge in [-0.05, 0) is 35.7 Å². The maximum atomic E-state index is 13.8. The van der Waals surface area contributed by atoms with E-state index in [0.29, 0.717) is 28.7 Å². The van der Waals surface area contributed by atoms with Crippen LogP contribution in [0.5, 0.6) is 11.5 Å². The van der Waals surface area contributed by atoms with Crippen LogP contribution in [-0.4, -0.2) is 47.7 Å². The number of ketones is 1. The fourth-order valence-electron chi connectivity index (χ4n) is 5.38. The molecule has 0 unspecified atom stereocenters. The van der Waals surface area contributed by atoms with Crippen molar-refractivity contribution < 1.29 is 33.7 Å². The summed E-state index contributed by atoms with van der Waals surface area (Å²) in [5.74, 6) is -1.26. The summed E-state index contributed by atoms with van der Waals surface area (Å²) in [6.45, 7) is 10.7. The van der Waals surface area contributed by atoms with E-state index in [1.165, 1.54) is 7.11 Å². The third-order valence-electron chi connectivity index (χ3n) is 8.08. The van der Waals surface area contributed by atoms with Gasteiger partial charge in [-0.2, -0.15) is 0 Å². The lowest BCUT2D eigenvalue weighted by molar-refractivity contribution is -0.133. The van der Waals surface area contributed by atoms with Crippen LogP contribution in [0.2, 0.25) is 0 Å². The van der Waals surface area contributed by atoms with Crippen LogP contribution < -0.4 is 9.47 Å². The second kappa shape index (κ2) is 9.15. The molecule has 0 atom stereocenters. The van der Waals surface area contributed by atoms with E-state index in [4.69, 9.17) is 19.3 Å². The van der Waals surface area contributed by atoms with E-state index in [2.05, 4.69) is 32.3 Å². The highest BCUT2D eigenvalue weighted by atomic mass is 16.6. The van der Waals surface area contributed by atoms with Crippen molar-refractivity contribution in [3.05, 3.63) is 36.0 Å². The first-order valence-electron chi connectivity index (χ1n) is 11.9. The number of carbonyl (C=O) groups is 3. The molecule has 1 saturated carbocycles. The average molecular weight is 484 g/mol. The summed E-state index contributed by atoms with van der Waals surface area (Å²) in [5, 5.41) is 9.47. The van der Waals surface area contributed by atoms with Crippen LogP contribution in [0.15, 0.2) is 30.5 Å². The van der Waals surface area contributed by atoms with E-state index in [1.807, 2.05) is 6.20 Å². The van der Waals surface area contributed by atoms with Gasteiger partial charge in [0, 0.05) is 61.0 Å². The molecule has 1 N–H and O–H groups in total. The first-order valence-corrected chi connectivity index (χ1v) is 11.9. The molecular weight excluding hydrogens is 450 g/mol. The third-order valence-corrected chi connectivity index (χ3v) is 8.08. The molecule has 1 aromatic heterocycles. The fraction of sp³-hybridized carbons (Fsp3) is 0.519. The van der Waals surface area contributed by atoms with Crippen molar-refractivity contribution in [2.24, 2.45) is 22.7 Å². The van der Waals surface area contributed by atoms with Crippen LogP contribution in [0, 0.1) is 22.7 Å². The molecule has 0 radical (unpaired) electrons. The topological polar surface area (TPSA) is 104 Å². The van der Waals surface area contributed by atoms with Gasteiger partial charge in [0.05, 0.1) is 12.6 Å². The molecule has 0 bridgehead atoms. The number of methoxy groups -OCH3 is 1. The first kappa shape index (κ1) is 25.0. The zero-order valence-corrected chi connectivity index (χ0v) is 20.9. The molecule has 8 nitrogen and oxygen atoms in total. The molecular formula is C27H33NO7. The van der Waals surface area contributed by atoms with E-state index in [1.54, 1.807) is 12.1 Å². The molecule has 1 aliphatic heterocycles. The zero-order chi connectivity index (χ0) is 25.5. The van der Waals surface area contributed by atoms with E-state index >= 15 is 0 Å². The van der Waals surface area contributed by atoms with Crippen LogP contribution in [0.3, 0.4) is 0 Å². The molecule has 2 aliphatic rings. The van der Waals surface area contributed by atoms with Crippen molar-refractivity contribution in [1.82, 2.24) is 4.57 Å². The highest BCUT2D eigenvalue weighted by molar-refractivity contribution is 6.11. The zero-order valence-electron chi connectivity index (χ0n) is 20.9. The smallest absolute Gasteiger partial charge is 0.336 e. The Balaban J connectivity index is 1.78. The summed E-state index contributed by atoms with van der Waals surface area (Å²) >= 11 is 0. The van der Waals surface area contributed by atoms with Gasteiger partial charge in [0.15, 0.2) is 17.3 Å². The van der Waals surface area contributed by atoms with Crippen LogP contribution >= 0.6 is 0 Å². The van der Waals surface area contributed by atoms with E-state index in [-0.39, 0.29) is 28.3 Å². The van der Waals surface area contributed by atoms with Gasteiger partial charge in [-0.25, -0.2) is 9.59 Å². The van der Waals surface area contributed by atoms with Gasteiger partial charge in [-0.3, -0.25) is 4.79 Å². The summed E-state index contributed by atoms with van der Waals surface area (Å²) < 4.78 is 18.5. The number of rotatable bonds is 8. The van der Waals surface area contributed by atoms with E-state index in [0.717, 1.165) is 44.2 Å². The Bertz CT molecular complexity index is 1180. The van der Waals surface area contributed by atoms with Gasteiger partial charge in [-0.1, -0.05) is 27.7 Å². The lowest BCUT2D eigenvalue weighted by Gasteiger charge is -2.23. The molecule has 35 heavy (non-hydrogen) atoms. The molecule has 1 aromatic carbocycles. The van der Waals surface area contributed by atoms with Gasteiger partial charge in [0.2, 0.25) is 0 Å². The predicted octanol–water partition coefficient (Wildman–Crippen LogP) is 4.49. The van der Waals surface area contributed by atoms with Crippen LogP contribution in [0.1, 0.15) is 50.9 Å². The first-order chi connectivity index (χ1) is 16.5. The van der Waals surface area contributed by atoms with Gasteiger partial charge in [-0.15, -0.1) is 0 Å². The minimum absolute atomic E-state index is 0.0731. The highest BCUT2D eigenvalue weighted by Crippen LogP contribution is 2.69. The fourth-order valence-corrected chi connectivity index (χ4v) is 5.38. The SMILES string of the molecule is COc1cc2c(cc1OC(=O)/C=C/C(=O)O)c(C(=O)C1C(C)(C)C1(C)C)cn2CC1CCOCC1. The van der Waals surface area contributed by atoms with Crippen LogP contribution in [-0.2, 0) is 20.9 Å². The van der Waals surface area contributed by atoms with Gasteiger partial charge in [0.25, 0.3) is 0 Å². The maximum Gasteiger partial charge on any atom is 0.336 e. The quantitative estimate of drug-likeness (QED) is 0.255. The monoisotopic (exact) mass is 483 g/mol. The molecule has 2 aromatic rings. The Morgan fingerprint density at radius 2 is 1.74 bits per heavy atom. The summed E-state index contributed by atoms with van der Waals surface area (Å²) in [7, 11) is 1.47. The number of esters is 1. The number of carboxylic acid groups (broad SMARTS) is 1. The number of carbonyl (C=O) groups excluding carboxylic acids is 2. The number of fused-ring (bicyclic) bond motifs is 1. The Kier molecular flexibility index (Phi) is 6.53. The molecule has 8 heteroatoms. The molecule has 0 amide bonds. The minimum atomic E-state index is -1.25. The van der Waals surface area contributed by atoms with Crippen molar-refractivity contribution >= 4 is 28.6 Å². The van der Waals surface area contributed by atoms with Crippen molar-refractivity contribution in [2.75, 3.05) is 20.3 Å². The Morgan fingerprint density at radius 3 is 2.31 bits per heavy atom. The van der Waals surface area contributed by atoms with Crippen molar-refractivity contribution in [3.8, 4) is 11.5 Å². The lowest BCUT2D eigenvalue weighted by atomic mass is 10.0. The van der Waals surface area contributed by atoms with Crippen LogP contribution in [0.25, 0.3) is 10.9 Å². The number of benzene rings is 1. The second-order valence-corrected chi connectivity index (χ2v) is 10.6. The minimum Gasteiger partial charge on any atom is -0.493 e. The van der Waals surface area contributed by atoms with Crippen molar-refractivity contribution in [1.29, 1.82) is 0 Å². The molecule has 1 saturated heterocycles. The summed E-state index contributed by atoms with van der Waals surface area (Å²) in [4.78, 5) is 36.7. The van der Waals surface area contributed by atoms with Gasteiger partial charge >= 0.3 is 11.9 Å². The van der Waals surface area contributed by atoms with Gasteiger partial charge in [0.1, 0.15) is 0 Å². The number of Topliss-reactive ketones (excluding diaryl/α,β-unsaturated/α-hetero) is 1. The van der Waals surface area contributed by atoms with Crippen LogP contribution in [0.4, 0.5) is 0 Å². The largest absolute Gasteiger partial charge is 0.493 e. The molecule has 188 valence electrons. The third kappa shape index (κ3) is 4.59. The number of hydrogen-bond acceptors (Lipinski definition) is 6. The number of ether oxygens (including phenoxy) is 3. The maximum absolute atomic E-state index is 13.8. The van der Waals surface area contributed by atoms with E-state index in [9.17, 15) is 14.4 Å². The number of carboxylic acids is 1. The molecule has 1 aliphatic carbocycles. The van der Waals surface area contributed by atoms with E-state index < -0.39 is 11.9 Å². The second-order valence-electron chi connectivity index (χ2n) is 10.6. The highest BCUT2D eigenvalue weighted by Gasteiger charge is 2.68. The molecule has 2 fully saturated rings. The van der Waals surface area contributed by atoms with Gasteiger partial charge < -0.3 is 23.9 Å². The molecule has 0 spiro atoms. The van der Waals surface area contributed by atoms with Crippen molar-refractivity contribution in [2.45, 2.75) is 47.1 Å². The Labute approximate surface area is 204 Å².